The third kappa shape index (κ3) is 5.81. The lowest BCUT2D eigenvalue weighted by atomic mass is 9.48. The Hall–Kier alpha value is -1.44. The molecule has 8 rings (SSSR count). The average molecular weight is 599 g/mol. The average Bonchev–Trinajstić information content (AvgIpc) is 3.05. The molecule has 0 atom stereocenters. The third-order valence-electron chi connectivity index (χ3n) is 14.4. The first-order valence-electron chi connectivity index (χ1n) is 19.7. The molecule has 0 saturated heterocycles. The molecular weight excluding hydrogens is 532 g/mol. The predicted octanol–water partition coefficient (Wildman–Crippen LogP) is 12.1. The lowest BCUT2D eigenvalue weighted by molar-refractivity contribution is -0.127. The maximum atomic E-state index is 5.05. The standard InChI is InChI=1S/C42H66N2/c1-31(37-17-9-5-10-18-37)43(32(2)38-19-11-6-12-20-38)41-26-35-25-36(27-41)29-42(28-35,30-41)44(33(3)39-21-13-7-14-22-39)34(4)40-23-15-8-16-24-40/h35-40H,1-30H2. The van der Waals surface area contributed by atoms with Gasteiger partial charge in [0.15, 0.2) is 0 Å². The number of allylic oxidation sites excluding steroid dienone is 4. The molecule has 0 N–H and O–H groups in total. The Morgan fingerprint density at radius 2 is 0.636 bits per heavy atom. The Kier molecular flexibility index (Phi) is 9.20. The molecule has 0 radical (unpaired) electrons. The molecule has 0 aromatic heterocycles. The minimum Gasteiger partial charge on any atom is -0.343 e. The van der Waals surface area contributed by atoms with Crippen molar-refractivity contribution in [1.29, 1.82) is 0 Å². The van der Waals surface area contributed by atoms with Crippen LogP contribution in [0.15, 0.2) is 49.1 Å². The quantitative estimate of drug-likeness (QED) is 0.247. The zero-order valence-electron chi connectivity index (χ0n) is 28.6. The summed E-state index contributed by atoms with van der Waals surface area (Å²) in [5.41, 5.74) is 6.26. The molecule has 0 aromatic rings. The van der Waals surface area contributed by atoms with E-state index in [1.54, 1.807) is 0 Å². The fraction of sp³-hybridized carbons (Fsp3) is 0.810. The molecule has 0 amide bonds. The summed E-state index contributed by atoms with van der Waals surface area (Å²) in [6, 6.07) is 0. The highest BCUT2D eigenvalue weighted by Gasteiger charge is 2.63. The van der Waals surface area contributed by atoms with Gasteiger partial charge in [-0.05, 0) is 125 Å². The number of hydrogen-bond donors (Lipinski definition) is 0. The summed E-state index contributed by atoms with van der Waals surface area (Å²) in [5, 5.41) is 0. The highest BCUT2D eigenvalue weighted by atomic mass is 15.3. The molecule has 0 spiro atoms. The van der Waals surface area contributed by atoms with E-state index >= 15 is 0 Å². The summed E-state index contributed by atoms with van der Waals surface area (Å²) < 4.78 is 0. The van der Waals surface area contributed by atoms with Crippen LogP contribution < -0.4 is 0 Å². The third-order valence-corrected chi connectivity index (χ3v) is 14.4. The fourth-order valence-electron chi connectivity index (χ4n) is 12.8. The van der Waals surface area contributed by atoms with E-state index in [2.05, 4.69) is 9.80 Å². The Bertz CT molecular complexity index is 917. The molecule has 0 aromatic carbocycles. The van der Waals surface area contributed by atoms with Gasteiger partial charge in [-0.25, -0.2) is 0 Å². The highest BCUT2D eigenvalue weighted by Crippen LogP contribution is 2.65. The van der Waals surface area contributed by atoms with Crippen molar-refractivity contribution in [3.05, 3.63) is 49.1 Å². The van der Waals surface area contributed by atoms with Crippen molar-refractivity contribution in [1.82, 2.24) is 9.80 Å². The molecule has 0 heterocycles. The van der Waals surface area contributed by atoms with Gasteiger partial charge in [0.2, 0.25) is 0 Å². The van der Waals surface area contributed by atoms with Gasteiger partial charge in [0.05, 0.1) is 0 Å². The Balaban J connectivity index is 1.27. The van der Waals surface area contributed by atoms with Gasteiger partial charge < -0.3 is 9.80 Å². The Labute approximate surface area is 271 Å². The van der Waals surface area contributed by atoms with Crippen molar-refractivity contribution in [3.63, 3.8) is 0 Å². The van der Waals surface area contributed by atoms with E-state index in [1.807, 2.05) is 0 Å². The van der Waals surface area contributed by atoms with Gasteiger partial charge in [-0.3, -0.25) is 0 Å². The number of hydrogen-bond acceptors (Lipinski definition) is 2. The van der Waals surface area contributed by atoms with Crippen molar-refractivity contribution in [2.45, 2.75) is 178 Å². The smallest absolute Gasteiger partial charge is 0.0472 e. The molecule has 4 bridgehead atoms. The molecule has 44 heavy (non-hydrogen) atoms. The SMILES string of the molecule is C=C(C1CCCCC1)N(C(=C)C1CCCCC1)C12CC3CC(C1)CC(N(C(=C)C1CCCCC1)C(=C)C1CCCCC1)(C3)C2. The van der Waals surface area contributed by atoms with Crippen LogP contribution in [0.5, 0.6) is 0 Å². The minimum atomic E-state index is 0.186. The zero-order valence-corrected chi connectivity index (χ0v) is 28.6. The van der Waals surface area contributed by atoms with Crippen LogP contribution in [0.1, 0.15) is 167 Å². The first kappa shape index (κ1) is 31.2. The largest absolute Gasteiger partial charge is 0.343 e. The topological polar surface area (TPSA) is 6.48 Å². The van der Waals surface area contributed by atoms with Crippen molar-refractivity contribution in [3.8, 4) is 0 Å². The van der Waals surface area contributed by atoms with Crippen LogP contribution in [-0.2, 0) is 0 Å². The normalized spacial score (nSPS) is 35.4. The molecule has 2 heteroatoms. The molecule has 0 aliphatic heterocycles. The zero-order chi connectivity index (χ0) is 30.3. The van der Waals surface area contributed by atoms with Crippen molar-refractivity contribution < 1.29 is 0 Å². The monoisotopic (exact) mass is 599 g/mol. The highest BCUT2D eigenvalue weighted by molar-refractivity contribution is 5.30. The summed E-state index contributed by atoms with van der Waals surface area (Å²) in [4.78, 5) is 5.88. The van der Waals surface area contributed by atoms with Gasteiger partial charge >= 0.3 is 0 Å². The second-order valence-electron chi connectivity index (χ2n) is 17.4. The number of rotatable bonds is 10. The van der Waals surface area contributed by atoms with Gasteiger partial charge in [-0.15, -0.1) is 0 Å². The fourth-order valence-corrected chi connectivity index (χ4v) is 12.8. The lowest BCUT2D eigenvalue weighted by Gasteiger charge is -2.69. The van der Waals surface area contributed by atoms with Crippen LogP contribution in [0.4, 0.5) is 0 Å². The maximum absolute atomic E-state index is 5.05. The van der Waals surface area contributed by atoms with Crippen molar-refractivity contribution in [2.75, 3.05) is 0 Å². The summed E-state index contributed by atoms with van der Waals surface area (Å²) in [6.07, 6.45) is 35.6. The molecule has 0 unspecified atom stereocenters. The van der Waals surface area contributed by atoms with Crippen LogP contribution in [-0.4, -0.2) is 20.9 Å². The van der Waals surface area contributed by atoms with E-state index in [4.69, 9.17) is 26.3 Å². The summed E-state index contributed by atoms with van der Waals surface area (Å²) in [5.74, 6) is 4.24. The van der Waals surface area contributed by atoms with E-state index in [9.17, 15) is 0 Å². The minimum absolute atomic E-state index is 0.186. The summed E-state index contributed by atoms with van der Waals surface area (Å²) in [7, 11) is 0. The van der Waals surface area contributed by atoms with E-state index < -0.39 is 0 Å². The van der Waals surface area contributed by atoms with Gasteiger partial charge in [0.25, 0.3) is 0 Å². The molecule has 8 aliphatic carbocycles. The molecule has 244 valence electrons. The van der Waals surface area contributed by atoms with Crippen molar-refractivity contribution >= 4 is 0 Å². The molecular formula is C42H66N2. The lowest BCUT2D eigenvalue weighted by Crippen LogP contribution is -2.69. The van der Waals surface area contributed by atoms with E-state index in [1.165, 1.54) is 190 Å². The second-order valence-corrected chi connectivity index (χ2v) is 17.4. The van der Waals surface area contributed by atoms with Crippen LogP contribution in [0.25, 0.3) is 0 Å². The van der Waals surface area contributed by atoms with Crippen LogP contribution in [0.3, 0.4) is 0 Å². The molecule has 8 saturated carbocycles. The van der Waals surface area contributed by atoms with Crippen molar-refractivity contribution in [2.24, 2.45) is 35.5 Å². The van der Waals surface area contributed by atoms with Gasteiger partial charge in [0, 0.05) is 33.9 Å². The van der Waals surface area contributed by atoms with Crippen LogP contribution in [0.2, 0.25) is 0 Å². The first-order valence-corrected chi connectivity index (χ1v) is 19.7. The van der Waals surface area contributed by atoms with E-state index in [0.717, 1.165) is 11.8 Å². The summed E-state index contributed by atoms with van der Waals surface area (Å²) in [6.45, 7) is 20.2. The van der Waals surface area contributed by atoms with E-state index in [0.29, 0.717) is 23.7 Å². The number of nitrogens with zero attached hydrogens (tertiary/aromatic N) is 2. The Morgan fingerprint density at radius 3 is 0.886 bits per heavy atom. The molecule has 2 nitrogen and oxygen atoms in total. The molecule has 8 aliphatic rings. The van der Waals surface area contributed by atoms with Gasteiger partial charge in [-0.2, -0.15) is 0 Å². The van der Waals surface area contributed by atoms with Gasteiger partial charge in [0.1, 0.15) is 0 Å². The second kappa shape index (κ2) is 13.0. The van der Waals surface area contributed by atoms with E-state index in [-0.39, 0.29) is 11.1 Å². The first-order chi connectivity index (χ1) is 21.4. The van der Waals surface area contributed by atoms with Crippen LogP contribution >= 0.6 is 0 Å². The summed E-state index contributed by atoms with van der Waals surface area (Å²) >= 11 is 0. The Morgan fingerprint density at radius 1 is 0.386 bits per heavy atom. The molecule has 8 fully saturated rings. The predicted molar refractivity (Wildman–Crippen MR) is 187 cm³/mol. The maximum Gasteiger partial charge on any atom is 0.0472 e. The van der Waals surface area contributed by atoms with Crippen LogP contribution in [0, 0.1) is 35.5 Å². The van der Waals surface area contributed by atoms with Gasteiger partial charge in [-0.1, -0.05) is 103 Å².